The van der Waals surface area contributed by atoms with E-state index in [9.17, 15) is 9.59 Å². The molecule has 7 nitrogen and oxygen atoms in total. The summed E-state index contributed by atoms with van der Waals surface area (Å²) in [7, 11) is 4.60. The lowest BCUT2D eigenvalue weighted by molar-refractivity contribution is -0.114. The van der Waals surface area contributed by atoms with Crippen molar-refractivity contribution in [3.8, 4) is 17.2 Å². The van der Waals surface area contributed by atoms with E-state index < -0.39 is 0 Å². The Kier molecular flexibility index (Phi) is 5.03. The number of ether oxygens (including phenoxy) is 3. The summed E-state index contributed by atoms with van der Waals surface area (Å²) in [5.74, 6) is 1.07. The molecule has 2 aromatic carbocycles. The summed E-state index contributed by atoms with van der Waals surface area (Å²) >= 11 is 0. The Hall–Kier alpha value is -3.48. The minimum absolute atomic E-state index is 0.178. The topological polar surface area (TPSA) is 85.9 Å². The standard InChI is InChI=1S/C20H20N2O5/c1-11(23)21-13-5-6-16-14(10-13)15(20(24)22-16)7-12-8-17(25-2)19(27-4)18(9-12)26-3/h5-10H,1-4H3,(H,21,23)(H,22,24). The monoisotopic (exact) mass is 368 g/mol. The van der Waals surface area contributed by atoms with Crippen LogP contribution in [0.2, 0.25) is 0 Å². The van der Waals surface area contributed by atoms with Crippen LogP contribution in [0.4, 0.5) is 11.4 Å². The van der Waals surface area contributed by atoms with Crippen molar-refractivity contribution in [1.82, 2.24) is 0 Å². The summed E-state index contributed by atoms with van der Waals surface area (Å²) in [6.45, 7) is 1.43. The first-order chi connectivity index (χ1) is 13.0. The van der Waals surface area contributed by atoms with Crippen LogP contribution in [0, 0.1) is 0 Å². The van der Waals surface area contributed by atoms with E-state index in [1.54, 1.807) is 36.4 Å². The molecule has 27 heavy (non-hydrogen) atoms. The Labute approximate surface area is 156 Å². The maximum Gasteiger partial charge on any atom is 0.256 e. The molecule has 1 aliphatic rings. The lowest BCUT2D eigenvalue weighted by Crippen LogP contribution is -2.05. The summed E-state index contributed by atoms with van der Waals surface area (Å²) in [6.07, 6.45) is 1.74. The molecule has 2 N–H and O–H groups in total. The SMILES string of the molecule is COc1cc(C=C2C(=O)Nc3ccc(NC(C)=O)cc32)cc(OC)c1OC. The second kappa shape index (κ2) is 7.41. The molecule has 0 saturated heterocycles. The molecule has 0 spiro atoms. The molecule has 1 heterocycles. The quantitative estimate of drug-likeness (QED) is 0.792. The van der Waals surface area contributed by atoms with Gasteiger partial charge in [-0.1, -0.05) is 0 Å². The molecule has 2 amide bonds. The van der Waals surface area contributed by atoms with Crippen molar-refractivity contribution in [3.63, 3.8) is 0 Å². The normalized spacial score (nSPS) is 13.8. The molecule has 140 valence electrons. The van der Waals surface area contributed by atoms with Crippen molar-refractivity contribution < 1.29 is 23.8 Å². The van der Waals surface area contributed by atoms with Gasteiger partial charge in [0.05, 0.1) is 21.3 Å². The Morgan fingerprint density at radius 2 is 1.70 bits per heavy atom. The second-order valence-corrected chi connectivity index (χ2v) is 5.91. The predicted molar refractivity (Wildman–Crippen MR) is 103 cm³/mol. The van der Waals surface area contributed by atoms with Crippen LogP contribution >= 0.6 is 0 Å². The minimum atomic E-state index is -0.223. The molecule has 0 aliphatic carbocycles. The van der Waals surface area contributed by atoms with Gasteiger partial charge in [0.1, 0.15) is 0 Å². The highest BCUT2D eigenvalue weighted by Crippen LogP contribution is 2.40. The Morgan fingerprint density at radius 3 is 2.26 bits per heavy atom. The highest BCUT2D eigenvalue weighted by Gasteiger charge is 2.25. The summed E-state index contributed by atoms with van der Waals surface area (Å²) in [4.78, 5) is 23.8. The minimum Gasteiger partial charge on any atom is -0.493 e. The summed E-state index contributed by atoms with van der Waals surface area (Å²) < 4.78 is 16.0. The first-order valence-electron chi connectivity index (χ1n) is 8.22. The number of fused-ring (bicyclic) bond motifs is 1. The van der Waals surface area contributed by atoms with Crippen LogP contribution in [0.1, 0.15) is 18.1 Å². The van der Waals surface area contributed by atoms with Crippen LogP contribution in [0.15, 0.2) is 30.3 Å². The third kappa shape index (κ3) is 3.57. The molecule has 0 bridgehead atoms. The largest absolute Gasteiger partial charge is 0.493 e. The Bertz CT molecular complexity index is 924. The van der Waals surface area contributed by atoms with E-state index in [1.807, 2.05) is 0 Å². The fraction of sp³-hybridized carbons (Fsp3) is 0.200. The molecule has 0 fully saturated rings. The van der Waals surface area contributed by atoms with Gasteiger partial charge in [-0.15, -0.1) is 0 Å². The van der Waals surface area contributed by atoms with Crippen molar-refractivity contribution >= 4 is 34.8 Å². The van der Waals surface area contributed by atoms with Crippen molar-refractivity contribution in [2.75, 3.05) is 32.0 Å². The zero-order chi connectivity index (χ0) is 19.6. The fourth-order valence-electron chi connectivity index (χ4n) is 2.96. The average Bonchev–Trinajstić information content (AvgIpc) is 2.95. The van der Waals surface area contributed by atoms with Gasteiger partial charge in [0.15, 0.2) is 11.5 Å². The van der Waals surface area contributed by atoms with Gasteiger partial charge in [-0.3, -0.25) is 9.59 Å². The Balaban J connectivity index is 2.08. The molecule has 0 atom stereocenters. The van der Waals surface area contributed by atoms with Crippen LogP contribution in [0.25, 0.3) is 11.6 Å². The predicted octanol–water partition coefficient (Wildman–Crippen LogP) is 3.16. The van der Waals surface area contributed by atoms with Gasteiger partial charge in [-0.05, 0) is 42.0 Å². The summed E-state index contributed by atoms with van der Waals surface area (Å²) in [6, 6.07) is 8.78. The summed E-state index contributed by atoms with van der Waals surface area (Å²) in [5.41, 5.74) is 3.21. The van der Waals surface area contributed by atoms with Gasteiger partial charge < -0.3 is 24.8 Å². The maximum atomic E-state index is 12.4. The highest BCUT2D eigenvalue weighted by atomic mass is 16.5. The maximum absolute atomic E-state index is 12.4. The van der Waals surface area contributed by atoms with Gasteiger partial charge in [0, 0.05) is 29.4 Å². The van der Waals surface area contributed by atoms with Crippen molar-refractivity contribution in [3.05, 3.63) is 41.5 Å². The number of hydrogen-bond acceptors (Lipinski definition) is 5. The van der Waals surface area contributed by atoms with Gasteiger partial charge in [0.25, 0.3) is 5.91 Å². The van der Waals surface area contributed by atoms with E-state index in [0.717, 1.165) is 0 Å². The van der Waals surface area contributed by atoms with E-state index >= 15 is 0 Å². The van der Waals surface area contributed by atoms with Gasteiger partial charge in [0.2, 0.25) is 11.7 Å². The van der Waals surface area contributed by atoms with Crippen LogP contribution in [0.3, 0.4) is 0 Å². The van der Waals surface area contributed by atoms with Crippen LogP contribution < -0.4 is 24.8 Å². The van der Waals surface area contributed by atoms with Crippen molar-refractivity contribution in [2.45, 2.75) is 6.92 Å². The number of anilines is 2. The average molecular weight is 368 g/mol. The lowest BCUT2D eigenvalue weighted by Gasteiger charge is -2.13. The molecule has 0 saturated carbocycles. The number of amides is 2. The summed E-state index contributed by atoms with van der Waals surface area (Å²) in [5, 5.41) is 5.54. The number of benzene rings is 2. The van der Waals surface area contributed by atoms with Crippen LogP contribution in [0.5, 0.6) is 17.2 Å². The van der Waals surface area contributed by atoms with E-state index in [-0.39, 0.29) is 11.8 Å². The van der Waals surface area contributed by atoms with E-state index in [1.165, 1.54) is 28.3 Å². The fourth-order valence-corrected chi connectivity index (χ4v) is 2.96. The number of rotatable bonds is 5. The number of hydrogen-bond donors (Lipinski definition) is 2. The zero-order valence-corrected chi connectivity index (χ0v) is 15.5. The molecule has 7 heteroatoms. The second-order valence-electron chi connectivity index (χ2n) is 5.91. The molecular formula is C20H20N2O5. The number of carbonyl (C=O) groups excluding carboxylic acids is 2. The number of carbonyl (C=O) groups is 2. The molecule has 0 radical (unpaired) electrons. The van der Waals surface area contributed by atoms with Gasteiger partial charge in [-0.25, -0.2) is 0 Å². The van der Waals surface area contributed by atoms with E-state index in [2.05, 4.69) is 10.6 Å². The van der Waals surface area contributed by atoms with Crippen LogP contribution in [-0.4, -0.2) is 33.1 Å². The lowest BCUT2D eigenvalue weighted by atomic mass is 10.0. The van der Waals surface area contributed by atoms with E-state index in [0.29, 0.717) is 45.3 Å². The van der Waals surface area contributed by atoms with E-state index in [4.69, 9.17) is 14.2 Å². The van der Waals surface area contributed by atoms with Crippen molar-refractivity contribution in [2.24, 2.45) is 0 Å². The first kappa shape index (κ1) is 18.3. The third-order valence-corrected chi connectivity index (χ3v) is 4.12. The molecule has 0 aromatic heterocycles. The van der Waals surface area contributed by atoms with Crippen molar-refractivity contribution in [1.29, 1.82) is 0 Å². The molecule has 1 aliphatic heterocycles. The van der Waals surface area contributed by atoms with Crippen LogP contribution in [-0.2, 0) is 9.59 Å². The highest BCUT2D eigenvalue weighted by molar-refractivity contribution is 6.35. The first-order valence-corrected chi connectivity index (χ1v) is 8.22. The third-order valence-electron chi connectivity index (χ3n) is 4.12. The molecule has 3 rings (SSSR count). The smallest absolute Gasteiger partial charge is 0.256 e. The molecular weight excluding hydrogens is 348 g/mol. The zero-order valence-electron chi connectivity index (χ0n) is 15.5. The molecule has 2 aromatic rings. The van der Waals surface area contributed by atoms with Gasteiger partial charge in [-0.2, -0.15) is 0 Å². The molecule has 0 unspecified atom stereocenters. The van der Waals surface area contributed by atoms with Gasteiger partial charge >= 0.3 is 0 Å². The number of methoxy groups -OCH3 is 3. The Morgan fingerprint density at radius 1 is 1.04 bits per heavy atom. The number of nitrogens with one attached hydrogen (secondary N) is 2.